The van der Waals surface area contributed by atoms with Gasteiger partial charge < -0.3 is 4.57 Å². The smallest absolute Gasteiger partial charge is 0.150 e. The van der Waals surface area contributed by atoms with E-state index >= 15 is 0 Å². The number of nitrogens with zero attached hydrogens (tertiary/aromatic N) is 2. The van der Waals surface area contributed by atoms with Crippen molar-refractivity contribution in [2.75, 3.05) is 0 Å². The first kappa shape index (κ1) is 15.6. The molecule has 2 nitrogen and oxygen atoms in total. The van der Waals surface area contributed by atoms with Crippen molar-refractivity contribution >= 4 is 11.3 Å². The molecule has 0 amide bonds. The molecule has 3 aromatic rings. The van der Waals surface area contributed by atoms with Gasteiger partial charge in [0.1, 0.15) is 0 Å². The summed E-state index contributed by atoms with van der Waals surface area (Å²) in [5.74, 6) is 7.48. The fraction of sp³-hybridized carbons (Fsp3) is 0.250. The first-order chi connectivity index (χ1) is 10.9. The lowest BCUT2D eigenvalue weighted by Gasteiger charge is -2.22. The molecule has 0 aliphatic rings. The molecule has 0 aliphatic carbocycles. The number of thiophene rings is 1. The molecular weight excluding hydrogens is 300 g/mol. The van der Waals surface area contributed by atoms with Gasteiger partial charge in [-0.05, 0) is 52.0 Å². The van der Waals surface area contributed by atoms with Crippen LogP contribution in [0.2, 0.25) is 0 Å². The maximum atomic E-state index is 4.52. The summed E-state index contributed by atoms with van der Waals surface area (Å²) in [6.07, 6.45) is 3.89. The quantitative estimate of drug-likeness (QED) is 0.572. The third-order valence-corrected chi connectivity index (χ3v) is 4.57. The van der Waals surface area contributed by atoms with Crippen molar-refractivity contribution in [2.24, 2.45) is 0 Å². The van der Waals surface area contributed by atoms with Gasteiger partial charge in [-0.3, -0.25) is 0 Å². The molecule has 0 bridgehead atoms. The van der Waals surface area contributed by atoms with Crippen LogP contribution < -0.4 is 0 Å². The predicted octanol–water partition coefficient (Wildman–Crippen LogP) is 5.07. The largest absolute Gasteiger partial charge is 0.325 e. The van der Waals surface area contributed by atoms with Gasteiger partial charge in [0.15, 0.2) is 5.82 Å². The summed E-state index contributed by atoms with van der Waals surface area (Å²) in [4.78, 5) is 6.73. The molecule has 0 radical (unpaired) electrons. The van der Waals surface area contributed by atoms with Crippen LogP contribution in [0.5, 0.6) is 0 Å². The minimum Gasteiger partial charge on any atom is -0.325 e. The molecule has 3 rings (SSSR count). The third kappa shape index (κ3) is 3.55. The minimum atomic E-state index is 0.0174. The lowest BCUT2D eigenvalue weighted by Crippen LogP contribution is -2.21. The number of benzene rings is 1. The fourth-order valence-corrected chi connectivity index (χ4v) is 3.18. The van der Waals surface area contributed by atoms with Crippen LogP contribution in [0.1, 0.15) is 36.8 Å². The van der Waals surface area contributed by atoms with Crippen LogP contribution in [0.25, 0.3) is 10.7 Å². The van der Waals surface area contributed by atoms with Crippen LogP contribution in [0, 0.1) is 18.8 Å². The van der Waals surface area contributed by atoms with Crippen molar-refractivity contribution in [3.63, 3.8) is 0 Å². The molecule has 0 spiro atoms. The molecule has 0 saturated carbocycles. The standard InChI is InChI=1S/C20H20N2S/c1-15-5-7-16(8-6-15)9-10-17-11-12-18(23-17)19-21-13-14-22(19)20(2,3)4/h5-8,11-14H,1-4H3. The molecule has 116 valence electrons. The zero-order chi connectivity index (χ0) is 16.4. The van der Waals surface area contributed by atoms with Gasteiger partial charge >= 0.3 is 0 Å². The van der Waals surface area contributed by atoms with Gasteiger partial charge in [0.05, 0.1) is 9.75 Å². The first-order valence-electron chi connectivity index (χ1n) is 7.66. The third-order valence-electron chi connectivity index (χ3n) is 3.57. The van der Waals surface area contributed by atoms with Gasteiger partial charge in [0.2, 0.25) is 0 Å². The number of rotatable bonds is 1. The normalized spacial score (nSPS) is 11.1. The van der Waals surface area contributed by atoms with Gasteiger partial charge in [-0.15, -0.1) is 11.3 Å². The van der Waals surface area contributed by atoms with Crippen molar-refractivity contribution in [1.82, 2.24) is 9.55 Å². The van der Waals surface area contributed by atoms with E-state index in [0.717, 1.165) is 21.1 Å². The number of imidazole rings is 1. The molecule has 23 heavy (non-hydrogen) atoms. The van der Waals surface area contributed by atoms with Crippen LogP contribution >= 0.6 is 11.3 Å². The Kier molecular flexibility index (Phi) is 4.11. The SMILES string of the molecule is Cc1ccc(C#Cc2ccc(-c3nccn3C(C)(C)C)s2)cc1. The Hall–Kier alpha value is -2.31. The van der Waals surface area contributed by atoms with Crippen LogP contribution in [-0.4, -0.2) is 9.55 Å². The summed E-state index contributed by atoms with van der Waals surface area (Å²) in [6.45, 7) is 8.64. The van der Waals surface area contributed by atoms with Gasteiger partial charge in [0.25, 0.3) is 0 Å². The summed E-state index contributed by atoms with van der Waals surface area (Å²) in [5, 5.41) is 0. The topological polar surface area (TPSA) is 17.8 Å². The monoisotopic (exact) mass is 320 g/mol. The number of aromatic nitrogens is 2. The average molecular weight is 320 g/mol. The first-order valence-corrected chi connectivity index (χ1v) is 8.48. The van der Waals surface area contributed by atoms with Gasteiger partial charge in [-0.1, -0.05) is 29.5 Å². The lowest BCUT2D eigenvalue weighted by atomic mass is 10.1. The number of aryl methyl sites for hydroxylation is 1. The molecule has 0 atom stereocenters. The maximum absolute atomic E-state index is 4.52. The highest BCUT2D eigenvalue weighted by molar-refractivity contribution is 7.15. The summed E-state index contributed by atoms with van der Waals surface area (Å²) in [6, 6.07) is 12.5. The molecule has 0 N–H and O–H groups in total. The average Bonchev–Trinajstić information content (AvgIpc) is 3.15. The Labute approximate surface area is 141 Å². The van der Waals surface area contributed by atoms with E-state index in [1.165, 1.54) is 5.56 Å². The molecule has 0 aliphatic heterocycles. The Morgan fingerprint density at radius 3 is 2.43 bits per heavy atom. The van der Waals surface area contributed by atoms with Crippen molar-refractivity contribution in [2.45, 2.75) is 33.2 Å². The van der Waals surface area contributed by atoms with Crippen molar-refractivity contribution in [1.29, 1.82) is 0 Å². The Bertz CT molecular complexity index is 865. The van der Waals surface area contributed by atoms with Crippen LogP contribution in [-0.2, 0) is 5.54 Å². The summed E-state index contributed by atoms with van der Waals surface area (Å²) in [5.41, 5.74) is 2.31. The van der Waals surface area contributed by atoms with Crippen molar-refractivity contribution in [3.05, 3.63) is 64.8 Å². The molecule has 2 heterocycles. The highest BCUT2D eigenvalue weighted by Crippen LogP contribution is 2.30. The summed E-state index contributed by atoms with van der Waals surface area (Å²) in [7, 11) is 0. The zero-order valence-corrected chi connectivity index (χ0v) is 14.7. The van der Waals surface area contributed by atoms with Gasteiger partial charge in [0, 0.05) is 23.5 Å². The fourth-order valence-electron chi connectivity index (χ4n) is 2.32. The highest BCUT2D eigenvalue weighted by Gasteiger charge is 2.18. The van der Waals surface area contributed by atoms with E-state index in [2.05, 4.69) is 85.5 Å². The van der Waals surface area contributed by atoms with Crippen molar-refractivity contribution in [3.8, 4) is 22.5 Å². The van der Waals surface area contributed by atoms with Crippen LogP contribution in [0.15, 0.2) is 48.8 Å². The number of hydrogen-bond donors (Lipinski definition) is 0. The maximum Gasteiger partial charge on any atom is 0.150 e. The second kappa shape index (κ2) is 6.06. The molecule has 0 fully saturated rings. The van der Waals surface area contributed by atoms with E-state index in [1.54, 1.807) is 11.3 Å². The minimum absolute atomic E-state index is 0.0174. The summed E-state index contributed by atoms with van der Waals surface area (Å²) >= 11 is 1.69. The Morgan fingerprint density at radius 2 is 1.74 bits per heavy atom. The molecule has 1 aromatic carbocycles. The van der Waals surface area contributed by atoms with Crippen molar-refractivity contribution < 1.29 is 0 Å². The molecule has 0 saturated heterocycles. The highest BCUT2D eigenvalue weighted by atomic mass is 32.1. The van der Waals surface area contributed by atoms with E-state index in [1.807, 2.05) is 12.4 Å². The van der Waals surface area contributed by atoms with E-state index in [9.17, 15) is 0 Å². The van der Waals surface area contributed by atoms with Gasteiger partial charge in [-0.2, -0.15) is 0 Å². The van der Waals surface area contributed by atoms with Crippen LogP contribution in [0.3, 0.4) is 0 Å². The molecule has 0 unspecified atom stereocenters. The van der Waals surface area contributed by atoms with E-state index in [0.29, 0.717) is 0 Å². The zero-order valence-electron chi connectivity index (χ0n) is 13.9. The summed E-state index contributed by atoms with van der Waals surface area (Å²) < 4.78 is 2.20. The lowest BCUT2D eigenvalue weighted by molar-refractivity contribution is 0.401. The van der Waals surface area contributed by atoms with E-state index < -0.39 is 0 Å². The second-order valence-corrected chi connectivity index (χ2v) is 7.66. The Morgan fingerprint density at radius 1 is 1.00 bits per heavy atom. The molecular formula is C20H20N2S. The van der Waals surface area contributed by atoms with E-state index in [-0.39, 0.29) is 5.54 Å². The predicted molar refractivity (Wildman–Crippen MR) is 97.7 cm³/mol. The Balaban J connectivity index is 1.88. The molecule has 2 aromatic heterocycles. The van der Waals surface area contributed by atoms with Gasteiger partial charge in [-0.25, -0.2) is 4.98 Å². The van der Waals surface area contributed by atoms with E-state index in [4.69, 9.17) is 0 Å². The molecule has 3 heteroatoms. The number of hydrogen-bond acceptors (Lipinski definition) is 2. The second-order valence-electron chi connectivity index (χ2n) is 6.57. The van der Waals surface area contributed by atoms with Crippen LogP contribution in [0.4, 0.5) is 0 Å².